The molecule has 14 N–H and O–H groups in total. The van der Waals surface area contributed by atoms with E-state index in [1.54, 1.807) is 7.05 Å². The fourth-order valence-corrected chi connectivity index (χ4v) is 5.86. The lowest BCUT2D eigenvalue weighted by Gasteiger charge is -2.50. The Labute approximate surface area is 238 Å². The maximum absolute atomic E-state index is 14.0. The van der Waals surface area contributed by atoms with Gasteiger partial charge in [-0.15, -0.1) is 0 Å². The molecule has 14 nitrogen and oxygen atoms in total. The fourth-order valence-electron chi connectivity index (χ4n) is 5.86. The normalized spacial score (nSPS) is 41.0. The summed E-state index contributed by atoms with van der Waals surface area (Å²) in [4.78, 5) is 0. The molecule has 1 saturated carbocycles. The average Bonchev–Trinajstić information content (AvgIpc) is 2.92. The molecule has 2 heterocycles. The lowest BCUT2D eigenvalue weighted by atomic mass is 9.72. The Hall–Kier alpha value is -1.12. The summed E-state index contributed by atoms with van der Waals surface area (Å²) < 4.78 is 45.8. The van der Waals surface area contributed by atoms with Gasteiger partial charge in [0.2, 0.25) is 0 Å². The molecule has 0 bridgehead atoms. The molecular weight excluding hydrogens is 550 g/mol. The predicted molar refractivity (Wildman–Crippen MR) is 143 cm³/mol. The van der Waals surface area contributed by atoms with Gasteiger partial charge >= 0.3 is 0 Å². The van der Waals surface area contributed by atoms with Gasteiger partial charge in [-0.05, 0) is 32.9 Å². The van der Waals surface area contributed by atoms with E-state index in [9.17, 15) is 29.2 Å². The average molecular weight is 599 g/mol. The van der Waals surface area contributed by atoms with E-state index in [4.69, 9.17) is 36.5 Å². The van der Waals surface area contributed by atoms with Crippen molar-refractivity contribution >= 4 is 0 Å². The number of hydrogen-bond acceptors (Lipinski definition) is 14. The standard InChI is InChI=1S/C25H48F2N6O8/c1-24(38)11-39-23(19(37)22(24)31-2)41-21-15(33-9-16(35)25(26,27)10-28)7-14(30)17(18(21)36)20-13(29)4-3-12(40-20)8-32-5-6-34/h3,13-23,31-38H,4-11,28-30H2,1-2H3. The highest BCUT2D eigenvalue weighted by atomic mass is 19.3. The zero-order chi connectivity index (χ0) is 30.5. The molecule has 12 atom stereocenters. The van der Waals surface area contributed by atoms with Crippen molar-refractivity contribution in [3.8, 4) is 0 Å². The van der Waals surface area contributed by atoms with Crippen LogP contribution in [-0.2, 0) is 14.2 Å². The number of aliphatic hydroxyl groups excluding tert-OH is 4. The highest BCUT2D eigenvalue weighted by molar-refractivity contribution is 5.10. The molecule has 12 unspecified atom stereocenters. The molecular formula is C25H48F2N6O8. The third-order valence-electron chi connectivity index (χ3n) is 8.21. The van der Waals surface area contributed by atoms with E-state index in [0.29, 0.717) is 25.3 Å². The van der Waals surface area contributed by atoms with Gasteiger partial charge in [0, 0.05) is 37.1 Å². The number of alkyl halides is 2. The molecule has 3 aliphatic rings. The lowest BCUT2D eigenvalue weighted by Crippen LogP contribution is -2.69. The van der Waals surface area contributed by atoms with Crippen molar-refractivity contribution in [2.45, 2.75) is 92.3 Å². The monoisotopic (exact) mass is 598 g/mol. The molecule has 0 amide bonds. The van der Waals surface area contributed by atoms with Crippen LogP contribution in [0.4, 0.5) is 8.78 Å². The van der Waals surface area contributed by atoms with Crippen LogP contribution < -0.4 is 33.2 Å². The second-order valence-electron chi connectivity index (χ2n) is 11.4. The van der Waals surface area contributed by atoms with E-state index in [0.717, 1.165) is 0 Å². The van der Waals surface area contributed by atoms with E-state index < -0.39 is 91.5 Å². The van der Waals surface area contributed by atoms with E-state index in [-0.39, 0.29) is 19.6 Å². The quantitative estimate of drug-likeness (QED) is 0.0898. The van der Waals surface area contributed by atoms with Crippen molar-refractivity contribution < 1.29 is 48.5 Å². The van der Waals surface area contributed by atoms with Crippen LogP contribution in [0, 0.1) is 5.92 Å². The SMILES string of the molecule is CNC1C(O)C(OC2C(NCC(O)C(F)(F)CN)CC(N)C(C3OC(CNCCO)=CCC3N)C2O)OCC1(C)O. The Balaban J connectivity index is 1.83. The molecule has 0 spiro atoms. The predicted octanol–water partition coefficient (Wildman–Crippen LogP) is -4.37. The third kappa shape index (κ3) is 8.08. The molecule has 41 heavy (non-hydrogen) atoms. The molecule has 3 rings (SSSR count). The van der Waals surface area contributed by atoms with Crippen molar-refractivity contribution in [3.63, 3.8) is 0 Å². The highest BCUT2D eigenvalue weighted by Gasteiger charge is 2.53. The molecule has 1 saturated heterocycles. The summed E-state index contributed by atoms with van der Waals surface area (Å²) in [5, 5.41) is 61.0. The van der Waals surface area contributed by atoms with Gasteiger partial charge in [-0.3, -0.25) is 0 Å². The van der Waals surface area contributed by atoms with Crippen LogP contribution in [0.15, 0.2) is 11.8 Å². The number of rotatable bonds is 13. The number of ether oxygens (including phenoxy) is 3. The van der Waals surface area contributed by atoms with Crippen LogP contribution in [0.25, 0.3) is 0 Å². The molecule has 0 aromatic rings. The summed E-state index contributed by atoms with van der Waals surface area (Å²) in [6.45, 7) is 0.279. The summed E-state index contributed by atoms with van der Waals surface area (Å²) in [5.41, 5.74) is 16.6. The Bertz CT molecular complexity index is 861. The van der Waals surface area contributed by atoms with Crippen LogP contribution in [0.2, 0.25) is 0 Å². The summed E-state index contributed by atoms with van der Waals surface area (Å²) in [6, 6.07) is -2.95. The van der Waals surface area contributed by atoms with E-state index in [1.807, 2.05) is 6.08 Å². The van der Waals surface area contributed by atoms with Crippen molar-refractivity contribution in [2.75, 3.05) is 46.4 Å². The van der Waals surface area contributed by atoms with Gasteiger partial charge in [0.25, 0.3) is 5.92 Å². The van der Waals surface area contributed by atoms with Crippen LogP contribution in [0.3, 0.4) is 0 Å². The first kappa shape index (κ1) is 34.4. The Morgan fingerprint density at radius 3 is 2.59 bits per heavy atom. The summed E-state index contributed by atoms with van der Waals surface area (Å²) >= 11 is 0. The fraction of sp³-hybridized carbons (Fsp3) is 0.920. The van der Waals surface area contributed by atoms with Crippen molar-refractivity contribution in [1.82, 2.24) is 16.0 Å². The zero-order valence-corrected chi connectivity index (χ0v) is 23.5. The first-order valence-electron chi connectivity index (χ1n) is 14.0. The first-order valence-corrected chi connectivity index (χ1v) is 14.0. The van der Waals surface area contributed by atoms with E-state index >= 15 is 0 Å². The van der Waals surface area contributed by atoms with Gasteiger partial charge in [-0.25, -0.2) is 8.78 Å². The third-order valence-corrected chi connectivity index (χ3v) is 8.21. The maximum Gasteiger partial charge on any atom is 0.286 e. The van der Waals surface area contributed by atoms with Gasteiger partial charge < -0.3 is 72.9 Å². The molecule has 0 aromatic heterocycles. The van der Waals surface area contributed by atoms with Gasteiger partial charge in [0.05, 0.1) is 38.4 Å². The maximum atomic E-state index is 14.0. The van der Waals surface area contributed by atoms with Crippen molar-refractivity contribution in [2.24, 2.45) is 23.1 Å². The zero-order valence-electron chi connectivity index (χ0n) is 23.5. The van der Waals surface area contributed by atoms with Crippen molar-refractivity contribution in [1.29, 1.82) is 0 Å². The van der Waals surface area contributed by atoms with E-state index in [2.05, 4.69) is 16.0 Å². The summed E-state index contributed by atoms with van der Waals surface area (Å²) in [7, 11) is 1.56. The highest BCUT2D eigenvalue weighted by Crippen LogP contribution is 2.36. The molecule has 2 fully saturated rings. The van der Waals surface area contributed by atoms with Gasteiger partial charge in [0.1, 0.15) is 35.8 Å². The van der Waals surface area contributed by atoms with Crippen LogP contribution >= 0.6 is 0 Å². The molecule has 16 heteroatoms. The number of nitrogens with one attached hydrogen (secondary N) is 3. The minimum atomic E-state index is -3.55. The first-order chi connectivity index (χ1) is 19.3. The smallest absolute Gasteiger partial charge is 0.286 e. The Morgan fingerprint density at radius 1 is 1.24 bits per heavy atom. The van der Waals surface area contributed by atoms with Crippen LogP contribution in [0.1, 0.15) is 19.8 Å². The minimum Gasteiger partial charge on any atom is -0.492 e. The second-order valence-corrected chi connectivity index (χ2v) is 11.4. The lowest BCUT2D eigenvalue weighted by molar-refractivity contribution is -0.298. The minimum absolute atomic E-state index is 0.0549. The second kappa shape index (κ2) is 14.6. The van der Waals surface area contributed by atoms with Crippen LogP contribution in [-0.4, -0.2) is 144 Å². The number of nitrogens with two attached hydrogens (primary N) is 3. The number of hydrogen-bond donors (Lipinski definition) is 11. The Kier molecular flexibility index (Phi) is 12.2. The van der Waals surface area contributed by atoms with E-state index in [1.165, 1.54) is 6.92 Å². The Morgan fingerprint density at radius 2 is 1.95 bits per heavy atom. The largest absolute Gasteiger partial charge is 0.492 e. The molecule has 240 valence electrons. The molecule has 1 aliphatic carbocycles. The number of halogens is 2. The number of aliphatic hydroxyl groups is 5. The summed E-state index contributed by atoms with van der Waals surface area (Å²) in [6.07, 6.45) is -5.69. The van der Waals surface area contributed by atoms with Gasteiger partial charge in [0.15, 0.2) is 6.29 Å². The van der Waals surface area contributed by atoms with Gasteiger partial charge in [-0.1, -0.05) is 0 Å². The van der Waals surface area contributed by atoms with Crippen LogP contribution in [0.5, 0.6) is 0 Å². The number of likely N-dealkylation sites (N-methyl/N-ethyl adjacent to an activating group) is 1. The van der Waals surface area contributed by atoms with Gasteiger partial charge in [-0.2, -0.15) is 0 Å². The topological polar surface area (TPSA) is 243 Å². The van der Waals surface area contributed by atoms with Crippen molar-refractivity contribution in [3.05, 3.63) is 11.8 Å². The molecule has 2 aliphatic heterocycles. The summed E-state index contributed by atoms with van der Waals surface area (Å²) in [5.74, 6) is -3.75. The molecule has 0 aromatic carbocycles. The molecule has 0 radical (unpaired) electrons.